The first-order chi connectivity index (χ1) is 7.65. The molecule has 0 amide bonds. The van der Waals surface area contributed by atoms with Crippen molar-refractivity contribution in [2.24, 2.45) is 0 Å². The Balaban J connectivity index is 2.02. The molecule has 1 atom stereocenters. The third kappa shape index (κ3) is 3.11. The van der Waals surface area contributed by atoms with Crippen molar-refractivity contribution in [2.75, 3.05) is 19.6 Å². The van der Waals surface area contributed by atoms with Gasteiger partial charge in [0.05, 0.1) is 0 Å². The molecule has 0 radical (unpaired) electrons. The summed E-state index contributed by atoms with van der Waals surface area (Å²) in [7, 11) is 0. The average Bonchev–Trinajstić information content (AvgIpc) is 2.22. The van der Waals surface area contributed by atoms with E-state index in [-0.39, 0.29) is 0 Å². The molecule has 1 aliphatic rings. The van der Waals surface area contributed by atoms with Crippen LogP contribution >= 0.6 is 23.2 Å². The highest BCUT2D eigenvalue weighted by atomic mass is 35.5. The van der Waals surface area contributed by atoms with Gasteiger partial charge in [-0.2, -0.15) is 0 Å². The molecule has 2 rings (SSSR count). The molecule has 0 unspecified atom stereocenters. The second-order valence-corrected chi connectivity index (χ2v) is 5.17. The third-order valence-corrected chi connectivity index (χ3v) is 3.45. The van der Waals surface area contributed by atoms with Gasteiger partial charge in [0, 0.05) is 42.3 Å². The molecule has 16 heavy (non-hydrogen) atoms. The highest BCUT2D eigenvalue weighted by Gasteiger charge is 2.16. The predicted octanol–water partition coefficient (Wildman–Crippen LogP) is 2.79. The number of rotatable bonds is 2. The van der Waals surface area contributed by atoms with Gasteiger partial charge in [-0.1, -0.05) is 29.3 Å². The fourth-order valence-electron chi connectivity index (χ4n) is 2.05. The zero-order valence-corrected chi connectivity index (χ0v) is 10.9. The second-order valence-electron chi connectivity index (χ2n) is 4.33. The lowest BCUT2D eigenvalue weighted by Crippen LogP contribution is -2.48. The Labute approximate surface area is 107 Å². The van der Waals surface area contributed by atoms with E-state index in [0.717, 1.165) is 36.8 Å². The Morgan fingerprint density at radius 2 is 2.25 bits per heavy atom. The molecule has 0 spiro atoms. The summed E-state index contributed by atoms with van der Waals surface area (Å²) >= 11 is 12.0. The van der Waals surface area contributed by atoms with Crippen molar-refractivity contribution in [3.63, 3.8) is 0 Å². The van der Waals surface area contributed by atoms with Gasteiger partial charge in [0.15, 0.2) is 0 Å². The summed E-state index contributed by atoms with van der Waals surface area (Å²) in [5, 5.41) is 4.89. The first-order valence-electron chi connectivity index (χ1n) is 5.55. The smallest absolute Gasteiger partial charge is 0.0465 e. The van der Waals surface area contributed by atoms with E-state index in [1.165, 1.54) is 0 Å². The molecule has 0 aliphatic carbocycles. The second kappa shape index (κ2) is 5.37. The summed E-state index contributed by atoms with van der Waals surface area (Å²) in [5.74, 6) is 0. The van der Waals surface area contributed by atoms with Crippen molar-refractivity contribution in [1.29, 1.82) is 0 Å². The van der Waals surface area contributed by atoms with E-state index < -0.39 is 0 Å². The largest absolute Gasteiger partial charge is 0.312 e. The number of nitrogens with zero attached hydrogens (tertiary/aromatic N) is 1. The van der Waals surface area contributed by atoms with Crippen LogP contribution in [0.5, 0.6) is 0 Å². The topological polar surface area (TPSA) is 15.3 Å². The zero-order chi connectivity index (χ0) is 11.5. The zero-order valence-electron chi connectivity index (χ0n) is 9.34. The predicted molar refractivity (Wildman–Crippen MR) is 69.2 cm³/mol. The minimum Gasteiger partial charge on any atom is -0.312 e. The molecule has 1 saturated heterocycles. The summed E-state index contributed by atoms with van der Waals surface area (Å²) in [5.41, 5.74) is 1.15. The van der Waals surface area contributed by atoms with Crippen molar-refractivity contribution in [3.05, 3.63) is 33.8 Å². The van der Waals surface area contributed by atoms with Gasteiger partial charge in [-0.25, -0.2) is 0 Å². The molecule has 1 aromatic carbocycles. The molecule has 2 nitrogen and oxygen atoms in total. The number of benzene rings is 1. The standard InChI is InChI=1S/C12H16Cl2N2/c1-9-7-16(5-4-15-9)8-10-2-3-11(13)6-12(10)14/h2-3,6,9,15H,4-5,7-8H2,1H3/t9-/m1/s1. The fraction of sp³-hybridized carbons (Fsp3) is 0.500. The summed E-state index contributed by atoms with van der Waals surface area (Å²) in [6.07, 6.45) is 0. The van der Waals surface area contributed by atoms with Gasteiger partial charge in [0.2, 0.25) is 0 Å². The van der Waals surface area contributed by atoms with Gasteiger partial charge in [0.25, 0.3) is 0 Å². The van der Waals surface area contributed by atoms with E-state index in [2.05, 4.69) is 17.1 Å². The van der Waals surface area contributed by atoms with Crippen LogP contribution in [0.2, 0.25) is 10.0 Å². The van der Waals surface area contributed by atoms with Gasteiger partial charge in [0.1, 0.15) is 0 Å². The first kappa shape index (κ1) is 12.2. The molecule has 88 valence electrons. The van der Waals surface area contributed by atoms with E-state index in [9.17, 15) is 0 Å². The Hall–Kier alpha value is -0.280. The van der Waals surface area contributed by atoms with Crippen molar-refractivity contribution in [2.45, 2.75) is 19.5 Å². The Bertz CT molecular complexity index is 368. The Morgan fingerprint density at radius 1 is 1.44 bits per heavy atom. The van der Waals surface area contributed by atoms with Crippen LogP contribution in [0.15, 0.2) is 18.2 Å². The highest BCUT2D eigenvalue weighted by Crippen LogP contribution is 2.22. The summed E-state index contributed by atoms with van der Waals surface area (Å²) < 4.78 is 0. The molecule has 1 aliphatic heterocycles. The van der Waals surface area contributed by atoms with E-state index in [4.69, 9.17) is 23.2 Å². The maximum Gasteiger partial charge on any atom is 0.0465 e. The molecule has 1 N–H and O–H groups in total. The Morgan fingerprint density at radius 3 is 2.94 bits per heavy atom. The molecule has 1 aromatic rings. The summed E-state index contributed by atoms with van der Waals surface area (Å²) in [6, 6.07) is 6.27. The molecule has 0 saturated carbocycles. The van der Waals surface area contributed by atoms with Gasteiger partial charge in [-0.15, -0.1) is 0 Å². The van der Waals surface area contributed by atoms with Crippen molar-refractivity contribution >= 4 is 23.2 Å². The monoisotopic (exact) mass is 258 g/mol. The number of hydrogen-bond acceptors (Lipinski definition) is 2. The minimum absolute atomic E-state index is 0.555. The van der Waals surface area contributed by atoms with E-state index in [1.807, 2.05) is 18.2 Å². The SMILES string of the molecule is C[C@@H]1CN(Cc2ccc(Cl)cc2Cl)CCN1. The Kier molecular flexibility index (Phi) is 4.09. The first-order valence-corrected chi connectivity index (χ1v) is 6.30. The number of halogens is 2. The molecule has 4 heteroatoms. The fourth-order valence-corrected chi connectivity index (χ4v) is 2.51. The van der Waals surface area contributed by atoms with Crippen LogP contribution < -0.4 is 5.32 Å². The number of nitrogens with one attached hydrogen (secondary N) is 1. The molecule has 1 fully saturated rings. The van der Waals surface area contributed by atoms with Crippen LogP contribution in [-0.4, -0.2) is 30.6 Å². The van der Waals surface area contributed by atoms with Crippen molar-refractivity contribution in [1.82, 2.24) is 10.2 Å². The number of piperazine rings is 1. The van der Waals surface area contributed by atoms with Crippen LogP contribution in [0.25, 0.3) is 0 Å². The van der Waals surface area contributed by atoms with Gasteiger partial charge in [-0.05, 0) is 24.6 Å². The average molecular weight is 259 g/mol. The van der Waals surface area contributed by atoms with Gasteiger partial charge < -0.3 is 5.32 Å². The lowest BCUT2D eigenvalue weighted by molar-refractivity contribution is 0.199. The van der Waals surface area contributed by atoms with Crippen molar-refractivity contribution in [3.8, 4) is 0 Å². The highest BCUT2D eigenvalue weighted by molar-refractivity contribution is 6.35. The maximum absolute atomic E-state index is 6.16. The lowest BCUT2D eigenvalue weighted by atomic mass is 10.1. The summed E-state index contributed by atoms with van der Waals surface area (Å²) in [6.45, 7) is 6.30. The van der Waals surface area contributed by atoms with Crippen LogP contribution in [0, 0.1) is 0 Å². The lowest BCUT2D eigenvalue weighted by Gasteiger charge is -2.32. The van der Waals surface area contributed by atoms with Crippen LogP contribution in [-0.2, 0) is 6.54 Å². The molecular formula is C12H16Cl2N2. The van der Waals surface area contributed by atoms with Gasteiger partial charge in [-0.3, -0.25) is 4.90 Å². The normalized spacial score (nSPS) is 22.3. The van der Waals surface area contributed by atoms with E-state index in [0.29, 0.717) is 11.1 Å². The minimum atomic E-state index is 0.555. The third-order valence-electron chi connectivity index (χ3n) is 2.86. The molecule has 1 heterocycles. The van der Waals surface area contributed by atoms with Crippen LogP contribution in [0.1, 0.15) is 12.5 Å². The van der Waals surface area contributed by atoms with Gasteiger partial charge >= 0.3 is 0 Å². The molecular weight excluding hydrogens is 243 g/mol. The van der Waals surface area contributed by atoms with Crippen LogP contribution in [0.3, 0.4) is 0 Å². The van der Waals surface area contributed by atoms with E-state index in [1.54, 1.807) is 0 Å². The maximum atomic E-state index is 6.16. The van der Waals surface area contributed by atoms with Crippen LogP contribution in [0.4, 0.5) is 0 Å². The number of hydrogen-bond donors (Lipinski definition) is 1. The summed E-state index contributed by atoms with van der Waals surface area (Å²) in [4.78, 5) is 2.41. The molecule has 0 aromatic heterocycles. The van der Waals surface area contributed by atoms with E-state index >= 15 is 0 Å². The molecule has 0 bridgehead atoms. The quantitative estimate of drug-likeness (QED) is 0.878. The van der Waals surface area contributed by atoms with Crippen molar-refractivity contribution < 1.29 is 0 Å².